The molecule has 0 bridgehead atoms. The number of carbonyl (C=O) groups is 2. The zero-order valence-corrected chi connectivity index (χ0v) is 19.3. The van der Waals surface area contributed by atoms with Gasteiger partial charge in [0.15, 0.2) is 0 Å². The van der Waals surface area contributed by atoms with Crippen molar-refractivity contribution >= 4 is 23.1 Å². The summed E-state index contributed by atoms with van der Waals surface area (Å²) in [6, 6.07) is 4.57. The number of hydrazine groups is 1. The number of hydrogen-bond acceptors (Lipinski definition) is 5. The molecule has 30 heavy (non-hydrogen) atoms. The lowest BCUT2D eigenvalue weighted by atomic mass is 10.0. The Kier molecular flexibility index (Phi) is 11.6. The van der Waals surface area contributed by atoms with Crippen molar-refractivity contribution in [3.8, 4) is 5.75 Å². The van der Waals surface area contributed by atoms with E-state index in [1.807, 2.05) is 6.92 Å². The van der Waals surface area contributed by atoms with Gasteiger partial charge in [0.25, 0.3) is 5.91 Å². The zero-order valence-electron chi connectivity index (χ0n) is 18.5. The van der Waals surface area contributed by atoms with Crippen molar-refractivity contribution < 1.29 is 23.1 Å². The summed E-state index contributed by atoms with van der Waals surface area (Å²) in [7, 11) is 1.43. The van der Waals surface area contributed by atoms with Crippen LogP contribution in [0.15, 0.2) is 18.2 Å². The number of ether oxygens (including phenoxy) is 1. The van der Waals surface area contributed by atoms with Crippen LogP contribution in [0.2, 0.25) is 0 Å². The van der Waals surface area contributed by atoms with Gasteiger partial charge in [-0.25, -0.2) is 0 Å². The maximum absolute atomic E-state index is 12.9. The number of nitrogens with zero attached hydrogens (tertiary/aromatic N) is 1. The molecule has 0 aromatic heterocycles. The Bertz CT molecular complexity index is 727. The van der Waals surface area contributed by atoms with Gasteiger partial charge in [-0.05, 0) is 44.9 Å². The average Bonchev–Trinajstić information content (AvgIpc) is 2.68. The molecule has 1 aromatic rings. The van der Waals surface area contributed by atoms with Gasteiger partial charge in [-0.2, -0.15) is 4.83 Å². The van der Waals surface area contributed by atoms with Crippen molar-refractivity contribution in [2.24, 2.45) is 0 Å². The van der Waals surface area contributed by atoms with Crippen LogP contribution in [0.25, 0.3) is 0 Å². The molecule has 2 N–H and O–H groups in total. The molecule has 2 atom stereocenters. The van der Waals surface area contributed by atoms with Crippen LogP contribution < -0.4 is 14.9 Å². The Morgan fingerprint density at radius 1 is 1.20 bits per heavy atom. The number of nitrogens with one attached hydrogen (secondary N) is 2. The van der Waals surface area contributed by atoms with Crippen LogP contribution in [0.4, 0.5) is 0 Å². The SMILES string of the molecule is CCCCCCC(C)NC(=O)Cc1ccc(OC)c(C(=O)N(NS(=O)[O-])C(C)C)c1. The molecule has 0 spiro atoms. The second kappa shape index (κ2) is 13.4. The summed E-state index contributed by atoms with van der Waals surface area (Å²) >= 11 is -2.64. The van der Waals surface area contributed by atoms with Gasteiger partial charge in [-0.1, -0.05) is 38.7 Å². The van der Waals surface area contributed by atoms with Gasteiger partial charge >= 0.3 is 0 Å². The molecule has 2 unspecified atom stereocenters. The van der Waals surface area contributed by atoms with E-state index >= 15 is 0 Å². The molecular formula is C21H34N3O5S-. The maximum Gasteiger partial charge on any atom is 0.272 e. The van der Waals surface area contributed by atoms with Gasteiger partial charge in [-0.3, -0.25) is 18.8 Å². The molecule has 170 valence electrons. The number of unbranched alkanes of at least 4 members (excludes halogenated alkanes) is 3. The minimum absolute atomic E-state index is 0.0846. The first-order valence-electron chi connectivity index (χ1n) is 10.3. The van der Waals surface area contributed by atoms with E-state index in [4.69, 9.17) is 4.74 Å². The van der Waals surface area contributed by atoms with Crippen molar-refractivity contribution in [1.82, 2.24) is 15.2 Å². The highest BCUT2D eigenvalue weighted by Crippen LogP contribution is 2.22. The highest BCUT2D eigenvalue weighted by Gasteiger charge is 2.23. The van der Waals surface area contributed by atoms with E-state index in [0.29, 0.717) is 11.3 Å². The first kappa shape index (κ1) is 26.1. The van der Waals surface area contributed by atoms with Crippen LogP contribution in [0, 0.1) is 0 Å². The Morgan fingerprint density at radius 3 is 2.47 bits per heavy atom. The fraction of sp³-hybridized carbons (Fsp3) is 0.619. The summed E-state index contributed by atoms with van der Waals surface area (Å²) in [5, 5.41) is 3.99. The van der Waals surface area contributed by atoms with Gasteiger partial charge in [0, 0.05) is 23.4 Å². The van der Waals surface area contributed by atoms with Gasteiger partial charge in [-0.15, -0.1) is 0 Å². The van der Waals surface area contributed by atoms with Crippen molar-refractivity contribution in [3.63, 3.8) is 0 Å². The minimum atomic E-state index is -2.64. The molecule has 0 saturated heterocycles. The average molecular weight is 441 g/mol. The molecule has 0 aliphatic heterocycles. The Morgan fingerprint density at radius 2 is 1.90 bits per heavy atom. The van der Waals surface area contributed by atoms with Gasteiger partial charge in [0.2, 0.25) is 5.91 Å². The fourth-order valence-corrected chi connectivity index (χ4v) is 3.54. The van der Waals surface area contributed by atoms with Crippen LogP contribution in [-0.2, 0) is 22.5 Å². The molecule has 1 aromatic carbocycles. The summed E-state index contributed by atoms with van der Waals surface area (Å²) in [6.07, 6.45) is 5.66. The predicted molar refractivity (Wildman–Crippen MR) is 116 cm³/mol. The maximum atomic E-state index is 12.9. The highest BCUT2D eigenvalue weighted by atomic mass is 32.2. The molecule has 2 amide bonds. The normalized spacial score (nSPS) is 13.0. The number of benzene rings is 1. The third-order valence-corrected chi connectivity index (χ3v) is 5.01. The first-order chi connectivity index (χ1) is 14.2. The molecule has 0 saturated carbocycles. The predicted octanol–water partition coefficient (Wildman–Crippen LogP) is 2.86. The van der Waals surface area contributed by atoms with Crippen molar-refractivity contribution in [2.45, 2.75) is 78.3 Å². The van der Waals surface area contributed by atoms with E-state index < -0.39 is 23.2 Å². The van der Waals surface area contributed by atoms with Crippen molar-refractivity contribution in [2.75, 3.05) is 7.11 Å². The molecule has 8 nitrogen and oxygen atoms in total. The summed E-state index contributed by atoms with van der Waals surface area (Å²) in [5.41, 5.74) is 0.823. The van der Waals surface area contributed by atoms with E-state index in [2.05, 4.69) is 17.1 Å². The third kappa shape index (κ3) is 8.81. The van der Waals surface area contributed by atoms with Crippen LogP contribution in [-0.4, -0.2) is 44.8 Å². The topological polar surface area (TPSA) is 111 Å². The monoisotopic (exact) mass is 440 g/mol. The molecule has 0 aliphatic rings. The lowest BCUT2D eigenvalue weighted by Crippen LogP contribution is -2.48. The Balaban J connectivity index is 2.87. The van der Waals surface area contributed by atoms with Gasteiger partial charge < -0.3 is 14.6 Å². The van der Waals surface area contributed by atoms with Crippen molar-refractivity contribution in [1.29, 1.82) is 0 Å². The van der Waals surface area contributed by atoms with Crippen molar-refractivity contribution in [3.05, 3.63) is 29.3 Å². The Hall–Kier alpha value is -1.97. The number of methoxy groups -OCH3 is 1. The zero-order chi connectivity index (χ0) is 22.7. The molecule has 1 rings (SSSR count). The summed E-state index contributed by atoms with van der Waals surface area (Å²) in [5.74, 6) is -0.378. The quantitative estimate of drug-likeness (QED) is 0.278. The lowest BCUT2D eigenvalue weighted by Gasteiger charge is -2.28. The second-order valence-corrected chi connectivity index (χ2v) is 8.28. The molecule has 9 heteroatoms. The van der Waals surface area contributed by atoms with Crippen LogP contribution >= 0.6 is 0 Å². The van der Waals surface area contributed by atoms with Crippen LogP contribution in [0.5, 0.6) is 5.75 Å². The van der Waals surface area contributed by atoms with E-state index in [-0.39, 0.29) is 23.9 Å². The van der Waals surface area contributed by atoms with E-state index in [1.54, 1.807) is 32.0 Å². The smallest absolute Gasteiger partial charge is 0.272 e. The lowest BCUT2D eigenvalue weighted by molar-refractivity contribution is -0.121. The number of amides is 2. The molecule has 0 aliphatic carbocycles. The molecular weight excluding hydrogens is 406 g/mol. The minimum Gasteiger partial charge on any atom is -0.759 e. The largest absolute Gasteiger partial charge is 0.759 e. The third-order valence-electron chi connectivity index (χ3n) is 4.67. The van der Waals surface area contributed by atoms with E-state index in [1.165, 1.54) is 20.0 Å². The summed E-state index contributed by atoms with van der Waals surface area (Å²) < 4.78 is 27.3. The summed E-state index contributed by atoms with van der Waals surface area (Å²) in [6.45, 7) is 7.52. The van der Waals surface area contributed by atoms with Crippen LogP contribution in [0.1, 0.15) is 75.7 Å². The number of carbonyl (C=O) groups excluding carboxylic acids is 2. The highest BCUT2D eigenvalue weighted by molar-refractivity contribution is 7.77. The number of hydrogen-bond donors (Lipinski definition) is 2. The fourth-order valence-electron chi connectivity index (χ4n) is 3.08. The molecule has 0 heterocycles. The standard InChI is InChI=1S/C21H35N3O5S/c1-6-7-8-9-10-16(4)22-20(25)14-17-11-12-19(29-5)18(13-17)21(26)24(15(2)3)23-30(27)28/h11-13,15-16,23H,6-10,14H2,1-5H3,(H,22,25)(H,27,28)/p-1. The van der Waals surface area contributed by atoms with Crippen LogP contribution in [0.3, 0.4) is 0 Å². The van der Waals surface area contributed by atoms with E-state index in [0.717, 1.165) is 24.3 Å². The van der Waals surface area contributed by atoms with Gasteiger partial charge in [0.05, 0.1) is 19.1 Å². The molecule has 0 radical (unpaired) electrons. The first-order valence-corrected chi connectivity index (χ1v) is 11.4. The second-order valence-electron chi connectivity index (χ2n) is 7.62. The van der Waals surface area contributed by atoms with Gasteiger partial charge in [0.1, 0.15) is 5.75 Å². The summed E-state index contributed by atoms with van der Waals surface area (Å²) in [4.78, 5) is 27.4. The molecule has 0 fully saturated rings. The number of rotatable bonds is 13. The Labute approximate surface area is 182 Å². The van der Waals surface area contributed by atoms with E-state index in [9.17, 15) is 18.4 Å².